The van der Waals surface area contributed by atoms with Crippen LogP contribution >= 0.6 is 0 Å². The van der Waals surface area contributed by atoms with Gasteiger partial charge < -0.3 is 8.99 Å². The summed E-state index contributed by atoms with van der Waals surface area (Å²) < 4.78 is 61.5. The summed E-state index contributed by atoms with van der Waals surface area (Å²) >= 11 is 0. The van der Waals surface area contributed by atoms with Gasteiger partial charge in [0.15, 0.2) is 23.3 Å². The first kappa shape index (κ1) is 18.6. The fourth-order valence-electron chi connectivity index (χ4n) is 2.66. The van der Waals surface area contributed by atoms with Crippen LogP contribution in [-0.2, 0) is 4.43 Å². The van der Waals surface area contributed by atoms with Gasteiger partial charge in [0.1, 0.15) is 0 Å². The van der Waals surface area contributed by atoms with Gasteiger partial charge in [0, 0.05) is 12.7 Å². The van der Waals surface area contributed by atoms with Gasteiger partial charge in [0.05, 0.1) is 0 Å². The van der Waals surface area contributed by atoms with Crippen LogP contribution in [0.25, 0.3) is 11.1 Å². The minimum atomic E-state index is -1.81. The Morgan fingerprint density at radius 1 is 0.917 bits per heavy atom. The van der Waals surface area contributed by atoms with Crippen molar-refractivity contribution in [3.63, 3.8) is 0 Å². The van der Waals surface area contributed by atoms with E-state index in [9.17, 15) is 17.6 Å². The summed E-state index contributed by atoms with van der Waals surface area (Å²) in [4.78, 5) is 0. The molecular formula is C17H19F4NOSi. The van der Waals surface area contributed by atoms with Crippen LogP contribution in [0.3, 0.4) is 0 Å². The minimum absolute atomic E-state index is 0.275. The van der Waals surface area contributed by atoms with Crippen molar-refractivity contribution in [3.05, 3.63) is 53.6 Å². The fourth-order valence-corrected chi connectivity index (χ4v) is 4.84. The van der Waals surface area contributed by atoms with Gasteiger partial charge in [-0.2, -0.15) is 0 Å². The van der Waals surface area contributed by atoms with Crippen molar-refractivity contribution in [1.29, 1.82) is 0 Å². The number of halogens is 4. The Kier molecular flexibility index (Phi) is 6.14. The second kappa shape index (κ2) is 7.91. The van der Waals surface area contributed by atoms with Crippen LogP contribution in [0.2, 0.25) is 0 Å². The normalized spacial score (nSPS) is 12.7. The summed E-state index contributed by atoms with van der Waals surface area (Å²) in [6.45, 7) is 5.75. The molecule has 7 heteroatoms. The maximum atomic E-state index is 13.9. The van der Waals surface area contributed by atoms with Gasteiger partial charge in [-0.25, -0.2) is 17.6 Å². The molecule has 2 aromatic rings. The van der Waals surface area contributed by atoms with Gasteiger partial charge in [0.2, 0.25) is 0 Å². The molecule has 0 amide bonds. The van der Waals surface area contributed by atoms with E-state index in [1.807, 2.05) is 13.8 Å². The second-order valence-electron chi connectivity index (χ2n) is 5.28. The molecule has 130 valence electrons. The van der Waals surface area contributed by atoms with Gasteiger partial charge in [-0.3, -0.25) is 0 Å². The smallest absolute Gasteiger partial charge is 0.287 e. The lowest BCUT2D eigenvalue weighted by Crippen LogP contribution is -2.49. The third-order valence-corrected chi connectivity index (χ3v) is 6.77. The van der Waals surface area contributed by atoms with Gasteiger partial charge in [-0.15, -0.1) is 0 Å². The van der Waals surface area contributed by atoms with Gasteiger partial charge >= 0.3 is 0 Å². The van der Waals surface area contributed by atoms with E-state index >= 15 is 0 Å². The lowest BCUT2D eigenvalue weighted by Gasteiger charge is -2.26. The first-order valence-electron chi connectivity index (χ1n) is 7.64. The molecule has 0 aliphatic carbocycles. The number of hydrogen-bond acceptors (Lipinski definition) is 2. The summed E-state index contributed by atoms with van der Waals surface area (Å²) in [6.07, 6.45) is 0. The molecule has 2 aromatic carbocycles. The highest BCUT2D eigenvalue weighted by molar-refractivity contribution is 6.64. The third-order valence-electron chi connectivity index (χ3n) is 3.98. The molecule has 0 saturated heterocycles. The molecule has 1 unspecified atom stereocenters. The monoisotopic (exact) mass is 357 g/mol. The summed E-state index contributed by atoms with van der Waals surface area (Å²) in [5.74, 6) is -6.42. The van der Waals surface area contributed by atoms with E-state index in [2.05, 4.69) is 4.57 Å². The molecule has 0 fully saturated rings. The van der Waals surface area contributed by atoms with Crippen molar-refractivity contribution in [1.82, 2.24) is 4.57 Å². The number of rotatable bonds is 6. The number of hydrogen-bond donors (Lipinski definition) is 0. The van der Waals surface area contributed by atoms with E-state index in [0.29, 0.717) is 6.07 Å². The van der Waals surface area contributed by atoms with E-state index in [4.69, 9.17) is 4.43 Å². The summed E-state index contributed by atoms with van der Waals surface area (Å²) in [5.41, 5.74) is -0.0335. The lowest BCUT2D eigenvalue weighted by atomic mass is 10.0. The van der Waals surface area contributed by atoms with Crippen molar-refractivity contribution in [2.45, 2.75) is 13.8 Å². The second-order valence-corrected chi connectivity index (χ2v) is 7.85. The van der Waals surface area contributed by atoms with E-state index in [-0.39, 0.29) is 11.1 Å². The van der Waals surface area contributed by atoms with Crippen LogP contribution in [0, 0.1) is 23.3 Å². The molecule has 0 aromatic heterocycles. The Morgan fingerprint density at radius 2 is 1.50 bits per heavy atom. The molecule has 2 rings (SSSR count). The molecule has 0 heterocycles. The highest BCUT2D eigenvalue weighted by atomic mass is 28.3. The van der Waals surface area contributed by atoms with Crippen molar-refractivity contribution >= 4 is 14.4 Å². The Balaban J connectivity index is 2.40. The average Bonchev–Trinajstić information content (AvgIpc) is 2.61. The minimum Gasteiger partial charge on any atom is -0.405 e. The fraction of sp³-hybridized carbons (Fsp3) is 0.294. The van der Waals surface area contributed by atoms with E-state index in [1.54, 1.807) is 31.4 Å². The molecule has 0 radical (unpaired) electrons. The van der Waals surface area contributed by atoms with Crippen molar-refractivity contribution in [2.24, 2.45) is 0 Å². The molecule has 0 bridgehead atoms. The van der Waals surface area contributed by atoms with Crippen LogP contribution in [0.5, 0.6) is 0 Å². The van der Waals surface area contributed by atoms with Crippen LogP contribution in [-0.4, -0.2) is 34.0 Å². The molecule has 0 aliphatic heterocycles. The Hall–Kier alpha value is -1.70. The molecule has 2 nitrogen and oxygen atoms in total. The maximum Gasteiger partial charge on any atom is 0.287 e. The summed E-state index contributed by atoms with van der Waals surface area (Å²) in [6, 6.07) is 7.30. The zero-order valence-corrected chi connectivity index (χ0v) is 14.9. The Morgan fingerprint density at radius 3 is 2.00 bits per heavy atom. The van der Waals surface area contributed by atoms with Crippen LogP contribution in [0.4, 0.5) is 17.6 Å². The highest BCUT2D eigenvalue weighted by Crippen LogP contribution is 2.27. The number of nitrogens with zero attached hydrogens (tertiary/aromatic N) is 1. The molecule has 0 N–H and O–H groups in total. The van der Waals surface area contributed by atoms with Gasteiger partial charge in [0.25, 0.3) is 9.20 Å². The topological polar surface area (TPSA) is 12.5 Å². The molecule has 0 saturated carbocycles. The SMILES string of the molecule is CCN(CC)[SiH](OC)c1ccc(-c2cc(F)c(F)c(F)c2F)cc1. The first-order valence-corrected chi connectivity index (χ1v) is 9.21. The third kappa shape index (κ3) is 3.53. The van der Waals surface area contributed by atoms with Crippen molar-refractivity contribution < 1.29 is 22.0 Å². The predicted octanol–water partition coefficient (Wildman–Crippen LogP) is 3.33. The average molecular weight is 357 g/mol. The lowest BCUT2D eigenvalue weighted by molar-refractivity contribution is 0.339. The maximum absolute atomic E-state index is 13.9. The Bertz CT molecular complexity index is 705. The largest absolute Gasteiger partial charge is 0.405 e. The first-order chi connectivity index (χ1) is 11.4. The van der Waals surface area contributed by atoms with Crippen molar-refractivity contribution in [2.75, 3.05) is 20.2 Å². The van der Waals surface area contributed by atoms with Crippen LogP contribution in [0.15, 0.2) is 30.3 Å². The van der Waals surface area contributed by atoms with Crippen LogP contribution < -0.4 is 5.19 Å². The summed E-state index contributed by atoms with van der Waals surface area (Å²) in [7, 11) is -0.163. The zero-order chi connectivity index (χ0) is 17.9. The van der Waals surface area contributed by atoms with E-state index in [0.717, 1.165) is 18.3 Å². The van der Waals surface area contributed by atoms with Crippen LogP contribution in [0.1, 0.15) is 13.8 Å². The van der Waals surface area contributed by atoms with E-state index in [1.165, 1.54) is 0 Å². The molecule has 0 aliphatic rings. The standard InChI is InChI=1S/C17H19F4NOSi/c1-4-22(5-2)24(23-3)12-8-6-11(7-9-12)13-10-14(18)16(20)17(21)15(13)19/h6-10,24H,4-5H2,1-3H3. The van der Waals surface area contributed by atoms with Crippen molar-refractivity contribution in [3.8, 4) is 11.1 Å². The quantitative estimate of drug-likeness (QED) is 0.340. The zero-order valence-electron chi connectivity index (χ0n) is 13.7. The predicted molar refractivity (Wildman–Crippen MR) is 88.4 cm³/mol. The van der Waals surface area contributed by atoms with Gasteiger partial charge in [-0.05, 0) is 29.9 Å². The highest BCUT2D eigenvalue weighted by Gasteiger charge is 2.22. The summed E-state index contributed by atoms with van der Waals surface area (Å²) in [5, 5.41) is 0.966. The molecule has 0 spiro atoms. The molecule has 24 heavy (non-hydrogen) atoms. The van der Waals surface area contributed by atoms with E-state index < -0.39 is 32.5 Å². The molecule has 1 atom stereocenters. The Labute approximate surface area is 140 Å². The van der Waals surface area contributed by atoms with Gasteiger partial charge in [-0.1, -0.05) is 38.1 Å². The molecular weight excluding hydrogens is 338 g/mol. The number of benzene rings is 2.